The van der Waals surface area contributed by atoms with Gasteiger partial charge in [0, 0.05) is 17.6 Å². The molecule has 0 fully saturated rings. The number of thiophene rings is 1. The van der Waals surface area contributed by atoms with E-state index >= 15 is 0 Å². The molecule has 1 aromatic heterocycles. The van der Waals surface area contributed by atoms with Crippen LogP contribution in [0, 0.1) is 5.82 Å². The number of nitrogens with zero attached hydrogens (tertiary/aromatic N) is 2. The molecule has 0 aliphatic carbocycles. The molecule has 0 spiro atoms. The van der Waals surface area contributed by atoms with E-state index in [1.54, 1.807) is 42.2 Å². The average molecular weight is 482 g/mol. The van der Waals surface area contributed by atoms with Crippen LogP contribution >= 0.6 is 11.3 Å². The predicted molar refractivity (Wildman–Crippen MR) is 130 cm³/mol. The molecule has 0 radical (unpaired) electrons. The van der Waals surface area contributed by atoms with E-state index in [-0.39, 0.29) is 17.8 Å². The van der Waals surface area contributed by atoms with Crippen molar-refractivity contribution in [3.8, 4) is 5.75 Å². The molecule has 2 aromatic carbocycles. The molecule has 1 aliphatic rings. The number of hydrogen-bond donors (Lipinski definition) is 1. The molecule has 4 rings (SSSR count). The largest absolute Gasteiger partial charge is 0.495 e. The van der Waals surface area contributed by atoms with Crippen molar-refractivity contribution in [2.45, 2.75) is 19.9 Å². The van der Waals surface area contributed by atoms with Gasteiger partial charge in [-0.15, -0.1) is 11.3 Å². The molecule has 3 aromatic rings. The highest BCUT2D eigenvalue weighted by Gasteiger charge is 2.30. The molecule has 0 atom stereocenters. The summed E-state index contributed by atoms with van der Waals surface area (Å²) in [5, 5.41) is 3.41. The second-order valence-corrected chi connectivity index (χ2v) is 8.61. The lowest BCUT2D eigenvalue weighted by Crippen LogP contribution is -2.36. The molecule has 2 heterocycles. The van der Waals surface area contributed by atoms with E-state index in [1.165, 1.54) is 36.8 Å². The molecule has 0 unspecified atom stereocenters. The number of benzene rings is 2. The number of halogens is 1. The summed E-state index contributed by atoms with van der Waals surface area (Å²) in [5.41, 5.74) is 2.42. The van der Waals surface area contributed by atoms with Crippen molar-refractivity contribution in [3.05, 3.63) is 75.9 Å². The van der Waals surface area contributed by atoms with Crippen molar-refractivity contribution in [1.29, 1.82) is 0 Å². The minimum Gasteiger partial charge on any atom is -0.495 e. The quantitative estimate of drug-likeness (QED) is 0.477. The number of hydrogen-bond acceptors (Lipinski definition) is 6. The zero-order valence-corrected chi connectivity index (χ0v) is 19.7. The minimum atomic E-state index is -0.383. The summed E-state index contributed by atoms with van der Waals surface area (Å²) >= 11 is 1.34. The van der Waals surface area contributed by atoms with Crippen LogP contribution in [0.25, 0.3) is 0 Å². The van der Waals surface area contributed by atoms with Crippen molar-refractivity contribution < 1.29 is 23.5 Å². The van der Waals surface area contributed by atoms with Gasteiger partial charge in [-0.3, -0.25) is 4.79 Å². The van der Waals surface area contributed by atoms with Gasteiger partial charge in [0.15, 0.2) is 0 Å². The summed E-state index contributed by atoms with van der Waals surface area (Å²) in [6, 6.07) is 13.2. The minimum absolute atomic E-state index is 0.294. The Labute approximate surface area is 200 Å². The molecule has 9 heteroatoms. The Kier molecular flexibility index (Phi) is 7.22. The second kappa shape index (κ2) is 10.5. The maximum atomic E-state index is 13.6. The van der Waals surface area contributed by atoms with Gasteiger partial charge < -0.3 is 19.7 Å². The van der Waals surface area contributed by atoms with Crippen LogP contribution < -0.4 is 10.1 Å². The molecular formula is C25H24FN3O4S. The van der Waals surface area contributed by atoms with Gasteiger partial charge in [-0.05, 0) is 48.7 Å². The lowest BCUT2D eigenvalue weighted by molar-refractivity contribution is 0.102. The van der Waals surface area contributed by atoms with Gasteiger partial charge in [0.2, 0.25) is 0 Å². The van der Waals surface area contributed by atoms with E-state index in [2.05, 4.69) is 10.3 Å². The number of amides is 2. The molecule has 1 N–H and O–H groups in total. The summed E-state index contributed by atoms with van der Waals surface area (Å²) in [5.74, 6) is -0.148. The highest BCUT2D eigenvalue weighted by Crippen LogP contribution is 2.40. The molecule has 0 saturated heterocycles. The zero-order valence-electron chi connectivity index (χ0n) is 18.8. The van der Waals surface area contributed by atoms with Gasteiger partial charge >= 0.3 is 6.09 Å². The van der Waals surface area contributed by atoms with Crippen LogP contribution in [0.1, 0.15) is 33.3 Å². The van der Waals surface area contributed by atoms with Gasteiger partial charge in [-0.1, -0.05) is 24.3 Å². The number of nitrogens with one attached hydrogen (secondary N) is 1. The van der Waals surface area contributed by atoms with Crippen LogP contribution in [0.5, 0.6) is 5.75 Å². The number of anilines is 1. The van der Waals surface area contributed by atoms with Crippen LogP contribution in [-0.4, -0.2) is 43.4 Å². The van der Waals surface area contributed by atoms with E-state index < -0.39 is 0 Å². The van der Waals surface area contributed by atoms with Crippen molar-refractivity contribution in [2.24, 2.45) is 4.99 Å². The van der Waals surface area contributed by atoms with Crippen LogP contribution in [0.2, 0.25) is 0 Å². The SMILES string of the molecule is CCOC(=O)N1CCc2c(sc(N=Cc3cccc(F)c3)c2C(=O)Nc2ccccc2OC)C1. The smallest absolute Gasteiger partial charge is 0.410 e. The number of ether oxygens (including phenoxy) is 2. The Morgan fingerprint density at radius 3 is 2.82 bits per heavy atom. The molecule has 0 saturated carbocycles. The predicted octanol–water partition coefficient (Wildman–Crippen LogP) is 5.41. The third-order valence-electron chi connectivity index (χ3n) is 5.33. The maximum Gasteiger partial charge on any atom is 0.410 e. The van der Waals surface area contributed by atoms with Crippen LogP contribution in [-0.2, 0) is 17.7 Å². The second-order valence-electron chi connectivity index (χ2n) is 7.52. The Balaban J connectivity index is 1.69. The Morgan fingerprint density at radius 1 is 1.24 bits per heavy atom. The number of fused-ring (bicyclic) bond motifs is 1. The lowest BCUT2D eigenvalue weighted by atomic mass is 10.0. The third-order valence-corrected chi connectivity index (χ3v) is 6.45. The first kappa shape index (κ1) is 23.4. The topological polar surface area (TPSA) is 80.2 Å². The van der Waals surface area contributed by atoms with Crippen molar-refractivity contribution in [2.75, 3.05) is 25.6 Å². The zero-order chi connectivity index (χ0) is 24.1. The van der Waals surface area contributed by atoms with Gasteiger partial charge in [-0.25, -0.2) is 14.2 Å². The summed E-state index contributed by atoms with van der Waals surface area (Å²) in [6.45, 7) is 2.83. The molecular weight excluding hydrogens is 457 g/mol. The van der Waals surface area contributed by atoms with E-state index in [0.717, 1.165) is 10.4 Å². The number of carbonyl (C=O) groups excluding carboxylic acids is 2. The number of methoxy groups -OCH3 is 1. The van der Waals surface area contributed by atoms with Gasteiger partial charge in [0.05, 0.1) is 31.5 Å². The summed E-state index contributed by atoms with van der Waals surface area (Å²) in [7, 11) is 1.54. The van der Waals surface area contributed by atoms with E-state index in [0.29, 0.717) is 53.7 Å². The van der Waals surface area contributed by atoms with E-state index in [1.807, 2.05) is 6.07 Å². The number of carbonyl (C=O) groups is 2. The molecule has 34 heavy (non-hydrogen) atoms. The van der Waals surface area contributed by atoms with Gasteiger partial charge in [0.25, 0.3) is 5.91 Å². The fraction of sp³-hybridized carbons (Fsp3) is 0.240. The Hall–Kier alpha value is -3.72. The molecule has 176 valence electrons. The van der Waals surface area contributed by atoms with Crippen LogP contribution in [0.3, 0.4) is 0 Å². The van der Waals surface area contributed by atoms with E-state index in [4.69, 9.17) is 9.47 Å². The van der Waals surface area contributed by atoms with Gasteiger partial charge in [0.1, 0.15) is 16.6 Å². The fourth-order valence-corrected chi connectivity index (χ4v) is 4.94. The van der Waals surface area contributed by atoms with Crippen molar-refractivity contribution in [3.63, 3.8) is 0 Å². The first-order chi connectivity index (χ1) is 16.5. The summed E-state index contributed by atoms with van der Waals surface area (Å²) in [4.78, 5) is 32.7. The van der Waals surface area contributed by atoms with Crippen LogP contribution in [0.4, 0.5) is 19.9 Å². The summed E-state index contributed by atoms with van der Waals surface area (Å²) < 4.78 is 24.1. The number of para-hydroxylation sites is 2. The first-order valence-electron chi connectivity index (χ1n) is 10.8. The Bertz CT molecular complexity index is 1240. The van der Waals surface area contributed by atoms with Crippen LogP contribution in [0.15, 0.2) is 53.5 Å². The van der Waals surface area contributed by atoms with Crippen molar-refractivity contribution in [1.82, 2.24) is 4.90 Å². The van der Waals surface area contributed by atoms with Crippen molar-refractivity contribution >= 4 is 40.2 Å². The summed E-state index contributed by atoms with van der Waals surface area (Å²) in [6.07, 6.45) is 1.64. The van der Waals surface area contributed by atoms with Gasteiger partial charge in [-0.2, -0.15) is 0 Å². The molecule has 0 bridgehead atoms. The Morgan fingerprint density at radius 2 is 2.06 bits per heavy atom. The third kappa shape index (κ3) is 5.09. The maximum absolute atomic E-state index is 13.6. The standard InChI is InChI=1S/C25H24FN3O4S/c1-3-33-25(31)29-12-11-18-21(15-29)34-24(27-14-16-7-6-8-17(26)13-16)22(18)23(30)28-19-9-4-5-10-20(19)32-2/h4-10,13-14H,3,11-12,15H2,1-2H3,(H,28,30). The monoisotopic (exact) mass is 481 g/mol. The number of rotatable bonds is 6. The highest BCUT2D eigenvalue weighted by molar-refractivity contribution is 7.16. The molecule has 2 amide bonds. The van der Waals surface area contributed by atoms with E-state index in [9.17, 15) is 14.0 Å². The first-order valence-corrected chi connectivity index (χ1v) is 11.6. The highest BCUT2D eigenvalue weighted by atomic mass is 32.1. The fourth-order valence-electron chi connectivity index (χ4n) is 3.74. The lowest BCUT2D eigenvalue weighted by Gasteiger charge is -2.26. The normalized spacial score (nSPS) is 13.0. The molecule has 1 aliphatic heterocycles. The average Bonchev–Trinajstić information content (AvgIpc) is 3.21. The molecule has 7 nitrogen and oxygen atoms in total. The number of aliphatic imine (C=N–C) groups is 1.